The molecule has 1 unspecified atom stereocenters. The van der Waals surface area contributed by atoms with Gasteiger partial charge in [-0.05, 0) is 35.1 Å². The van der Waals surface area contributed by atoms with Crippen LogP contribution in [0.5, 0.6) is 5.75 Å². The lowest BCUT2D eigenvalue weighted by Crippen LogP contribution is -2.42. The molecule has 2 aliphatic rings. The van der Waals surface area contributed by atoms with Gasteiger partial charge in [-0.25, -0.2) is 9.59 Å². The van der Waals surface area contributed by atoms with Crippen molar-refractivity contribution in [2.24, 2.45) is 5.41 Å². The summed E-state index contributed by atoms with van der Waals surface area (Å²) in [6.45, 7) is 12.5. The van der Waals surface area contributed by atoms with E-state index in [4.69, 9.17) is 9.47 Å². The highest BCUT2D eigenvalue weighted by molar-refractivity contribution is 5.67. The molecular weight excluding hydrogens is 396 g/mol. The first-order valence-electron chi connectivity index (χ1n) is 11.0. The quantitative estimate of drug-likeness (QED) is 0.711. The molecule has 2 aliphatic heterocycles. The van der Waals surface area contributed by atoms with E-state index in [-0.39, 0.29) is 30.1 Å². The zero-order valence-corrected chi connectivity index (χ0v) is 18.8. The highest BCUT2D eigenvalue weighted by Gasteiger charge is 2.34. The van der Waals surface area contributed by atoms with Crippen LogP contribution in [0.3, 0.4) is 0 Å². The van der Waals surface area contributed by atoms with Crippen molar-refractivity contribution in [3.63, 3.8) is 0 Å². The Hall–Kier alpha value is -2.70. The van der Waals surface area contributed by atoms with Crippen LogP contribution in [-0.4, -0.2) is 66.0 Å². The van der Waals surface area contributed by atoms with E-state index >= 15 is 0 Å². The molecule has 0 spiro atoms. The van der Waals surface area contributed by atoms with Crippen LogP contribution in [-0.2, 0) is 11.2 Å². The number of hydrogen-bond acceptors (Lipinski definition) is 4. The van der Waals surface area contributed by atoms with Gasteiger partial charge < -0.3 is 24.4 Å². The van der Waals surface area contributed by atoms with Gasteiger partial charge >= 0.3 is 12.2 Å². The average molecular weight is 431 g/mol. The fourth-order valence-corrected chi connectivity index (χ4v) is 4.36. The van der Waals surface area contributed by atoms with E-state index < -0.39 is 6.09 Å². The number of carbonyl (C=O) groups is 2. The molecular formula is C24H34N2O5. The molecule has 3 rings (SSSR count). The Labute approximate surface area is 184 Å². The monoisotopic (exact) mass is 430 g/mol. The molecule has 0 bridgehead atoms. The molecule has 2 heterocycles. The summed E-state index contributed by atoms with van der Waals surface area (Å²) in [5.74, 6) is 0.933. The number of ether oxygens (including phenoxy) is 2. The zero-order valence-electron chi connectivity index (χ0n) is 18.8. The third-order valence-electron chi connectivity index (χ3n) is 6.19. The average Bonchev–Trinajstić information content (AvgIpc) is 2.92. The summed E-state index contributed by atoms with van der Waals surface area (Å²) >= 11 is 0. The Balaban J connectivity index is 1.67. The van der Waals surface area contributed by atoms with Gasteiger partial charge in [0, 0.05) is 44.9 Å². The molecule has 0 radical (unpaired) electrons. The number of likely N-dealkylation sites (tertiary alicyclic amines) is 1. The number of nitrogens with zero attached hydrogens (tertiary/aromatic N) is 2. The van der Waals surface area contributed by atoms with E-state index in [1.807, 2.05) is 6.07 Å². The van der Waals surface area contributed by atoms with Crippen molar-refractivity contribution in [3.05, 3.63) is 42.0 Å². The molecule has 7 nitrogen and oxygen atoms in total. The maximum absolute atomic E-state index is 12.0. The Kier molecular flexibility index (Phi) is 7.13. The van der Waals surface area contributed by atoms with Gasteiger partial charge in [-0.15, -0.1) is 0 Å². The second-order valence-electron chi connectivity index (χ2n) is 9.43. The van der Waals surface area contributed by atoms with Crippen LogP contribution in [0, 0.1) is 5.41 Å². The minimum Gasteiger partial charge on any atom is -0.490 e. The maximum atomic E-state index is 12.0. The lowest BCUT2D eigenvalue weighted by molar-refractivity contribution is 0.0731. The standard InChI is InChI=1S/C24H34N2O5/c1-5-14-30-23(29)25-12-9-18(10-13-25)31-19-6-7-20-17(15-19)8-11-26(22(27)28)16-21(20)24(2,3)4/h5-7,15,18,21H,1,8-14,16H2,2-4H3,(H,27,28). The van der Waals surface area contributed by atoms with E-state index in [9.17, 15) is 14.7 Å². The molecule has 2 amide bonds. The Morgan fingerprint density at radius 3 is 2.52 bits per heavy atom. The predicted molar refractivity (Wildman–Crippen MR) is 119 cm³/mol. The van der Waals surface area contributed by atoms with Gasteiger partial charge in [0.25, 0.3) is 0 Å². The van der Waals surface area contributed by atoms with Crippen LogP contribution in [0.4, 0.5) is 9.59 Å². The van der Waals surface area contributed by atoms with Crippen LogP contribution in [0.15, 0.2) is 30.9 Å². The molecule has 170 valence electrons. The molecule has 31 heavy (non-hydrogen) atoms. The van der Waals surface area contributed by atoms with Gasteiger partial charge in [0.15, 0.2) is 0 Å². The van der Waals surface area contributed by atoms with E-state index in [0.29, 0.717) is 32.6 Å². The minimum atomic E-state index is -0.864. The first-order valence-corrected chi connectivity index (χ1v) is 11.0. The number of rotatable bonds is 4. The Bertz CT molecular complexity index is 809. The molecule has 0 aliphatic carbocycles. The molecule has 1 saturated heterocycles. The molecule has 1 aromatic carbocycles. The highest BCUT2D eigenvalue weighted by atomic mass is 16.6. The van der Waals surface area contributed by atoms with Crippen molar-refractivity contribution in [1.29, 1.82) is 0 Å². The van der Waals surface area contributed by atoms with Crippen LogP contribution >= 0.6 is 0 Å². The number of piperidine rings is 1. The van der Waals surface area contributed by atoms with Crippen LogP contribution < -0.4 is 4.74 Å². The second kappa shape index (κ2) is 9.62. The van der Waals surface area contributed by atoms with Gasteiger partial charge in [-0.2, -0.15) is 0 Å². The van der Waals surface area contributed by atoms with Crippen molar-refractivity contribution in [2.45, 2.75) is 52.1 Å². The third kappa shape index (κ3) is 5.71. The number of amides is 2. The van der Waals surface area contributed by atoms with Crippen LogP contribution in [0.1, 0.15) is 50.7 Å². The number of benzene rings is 1. The highest BCUT2D eigenvalue weighted by Crippen LogP contribution is 2.40. The van der Waals surface area contributed by atoms with E-state index in [1.54, 1.807) is 11.0 Å². The topological polar surface area (TPSA) is 79.3 Å². The van der Waals surface area contributed by atoms with Gasteiger partial charge in [0.05, 0.1) is 0 Å². The van der Waals surface area contributed by atoms with Gasteiger partial charge in [0.1, 0.15) is 18.5 Å². The SMILES string of the molecule is C=CCOC(=O)N1CCC(Oc2ccc3c(c2)CCN(C(=O)O)CC3C(C)(C)C)CC1. The Morgan fingerprint density at radius 2 is 1.90 bits per heavy atom. The largest absolute Gasteiger partial charge is 0.490 e. The number of carbonyl (C=O) groups excluding carboxylic acids is 1. The summed E-state index contributed by atoms with van der Waals surface area (Å²) in [7, 11) is 0. The smallest absolute Gasteiger partial charge is 0.410 e. The normalized spacial score (nSPS) is 19.9. The fourth-order valence-electron chi connectivity index (χ4n) is 4.36. The van der Waals surface area contributed by atoms with Crippen molar-refractivity contribution >= 4 is 12.2 Å². The number of fused-ring (bicyclic) bond motifs is 1. The lowest BCUT2D eigenvalue weighted by atomic mass is 9.75. The number of carboxylic acid groups (broad SMARTS) is 1. The van der Waals surface area contributed by atoms with Crippen molar-refractivity contribution in [3.8, 4) is 5.75 Å². The molecule has 7 heteroatoms. The van der Waals surface area contributed by atoms with Crippen LogP contribution in [0.25, 0.3) is 0 Å². The summed E-state index contributed by atoms with van der Waals surface area (Å²) in [5, 5.41) is 9.56. The second-order valence-corrected chi connectivity index (χ2v) is 9.43. The summed E-state index contributed by atoms with van der Waals surface area (Å²) in [5.41, 5.74) is 2.32. The summed E-state index contributed by atoms with van der Waals surface area (Å²) in [6, 6.07) is 6.18. The van der Waals surface area contributed by atoms with Crippen LogP contribution in [0.2, 0.25) is 0 Å². The molecule has 0 saturated carbocycles. The third-order valence-corrected chi connectivity index (χ3v) is 6.19. The lowest BCUT2D eigenvalue weighted by Gasteiger charge is -2.34. The van der Waals surface area contributed by atoms with E-state index in [2.05, 4.69) is 39.5 Å². The molecule has 1 atom stereocenters. The Morgan fingerprint density at radius 1 is 1.19 bits per heavy atom. The van der Waals surface area contributed by atoms with Gasteiger partial charge in [-0.1, -0.05) is 39.5 Å². The zero-order chi connectivity index (χ0) is 22.6. The molecule has 1 aromatic rings. The van der Waals surface area contributed by atoms with Crippen molar-refractivity contribution < 1.29 is 24.2 Å². The number of hydrogen-bond donors (Lipinski definition) is 1. The maximum Gasteiger partial charge on any atom is 0.410 e. The molecule has 0 aromatic heterocycles. The predicted octanol–water partition coefficient (Wildman–Crippen LogP) is 4.52. The van der Waals surface area contributed by atoms with Gasteiger partial charge in [0.2, 0.25) is 0 Å². The summed E-state index contributed by atoms with van der Waals surface area (Å²) < 4.78 is 11.3. The van der Waals surface area contributed by atoms with Crippen molar-refractivity contribution in [1.82, 2.24) is 9.80 Å². The molecule has 1 fully saturated rings. The molecule has 1 N–H and O–H groups in total. The van der Waals surface area contributed by atoms with E-state index in [0.717, 1.165) is 24.2 Å². The van der Waals surface area contributed by atoms with E-state index in [1.165, 1.54) is 10.5 Å². The first kappa shape index (κ1) is 23.0. The van der Waals surface area contributed by atoms with Gasteiger partial charge in [-0.3, -0.25) is 0 Å². The fraction of sp³-hybridized carbons (Fsp3) is 0.583. The summed E-state index contributed by atoms with van der Waals surface area (Å²) in [4.78, 5) is 26.9. The first-order chi connectivity index (χ1) is 14.7. The summed E-state index contributed by atoms with van der Waals surface area (Å²) in [6.07, 6.45) is 2.61. The minimum absolute atomic E-state index is 0.0428. The van der Waals surface area contributed by atoms with Crippen molar-refractivity contribution in [2.75, 3.05) is 32.8 Å².